The van der Waals surface area contributed by atoms with Gasteiger partial charge in [0, 0.05) is 25.2 Å². The molecule has 0 spiro atoms. The summed E-state index contributed by atoms with van der Waals surface area (Å²) >= 11 is 0. The third-order valence-corrected chi connectivity index (χ3v) is 4.16. The Morgan fingerprint density at radius 2 is 1.87 bits per heavy atom. The van der Waals surface area contributed by atoms with Crippen LogP contribution in [0.5, 0.6) is 0 Å². The minimum absolute atomic E-state index is 0. The zero-order valence-corrected chi connectivity index (χ0v) is 17.7. The summed E-state index contributed by atoms with van der Waals surface area (Å²) in [6.45, 7) is 0.963. The Kier molecular flexibility index (Phi) is 9.48. The number of halogens is 1. The van der Waals surface area contributed by atoms with E-state index >= 15 is 0 Å². The van der Waals surface area contributed by atoms with Crippen molar-refractivity contribution in [2.24, 2.45) is 0 Å². The van der Waals surface area contributed by atoms with Crippen LogP contribution in [0.1, 0.15) is 17.2 Å². The molecule has 158 valence electrons. The smallest absolute Gasteiger partial charge is 0.194 e. The van der Waals surface area contributed by atoms with E-state index in [0.29, 0.717) is 19.0 Å². The van der Waals surface area contributed by atoms with Crippen molar-refractivity contribution in [2.45, 2.75) is 6.10 Å². The van der Waals surface area contributed by atoms with Gasteiger partial charge < -0.3 is 9.47 Å². The minimum Gasteiger partial charge on any atom is -0.382 e. The van der Waals surface area contributed by atoms with Gasteiger partial charge in [-0.1, -0.05) is 30.2 Å². The molecule has 1 heterocycles. The number of ether oxygens (including phenoxy) is 2. The number of anilines is 1. The van der Waals surface area contributed by atoms with E-state index in [4.69, 9.17) is 25.6 Å². The molecular weight excluding hydrogens is 406 g/mol. The molecule has 3 rings (SSSR count). The molecule has 0 aliphatic rings. The number of para-hydroxylation sites is 1. The highest BCUT2D eigenvalue weighted by atomic mass is 35.5. The van der Waals surface area contributed by atoms with Crippen LogP contribution in [0.15, 0.2) is 54.9 Å². The number of benzene rings is 2. The van der Waals surface area contributed by atoms with Crippen molar-refractivity contribution < 1.29 is 19.1 Å². The first-order valence-electron chi connectivity index (χ1n) is 9.10. The topological polar surface area (TPSA) is 65.9 Å². The Balaban J connectivity index is 0.00000320. The lowest BCUT2D eigenvalue weighted by atomic mass is 10.1. The van der Waals surface area contributed by atoms with E-state index in [1.165, 1.54) is 11.6 Å². The van der Waals surface area contributed by atoms with Gasteiger partial charge in [0.2, 0.25) is 0 Å². The van der Waals surface area contributed by atoms with Crippen LogP contribution in [0.4, 0.5) is 5.82 Å². The maximum Gasteiger partial charge on any atom is 0.194 e. The van der Waals surface area contributed by atoms with Gasteiger partial charge in [-0.25, -0.2) is 19.6 Å². The highest BCUT2D eigenvalue weighted by molar-refractivity contribution is 5.88. The van der Waals surface area contributed by atoms with E-state index in [-0.39, 0.29) is 19.0 Å². The van der Waals surface area contributed by atoms with Gasteiger partial charge >= 0.3 is 0 Å². The lowest BCUT2D eigenvalue weighted by Crippen LogP contribution is -2.30. The van der Waals surface area contributed by atoms with Gasteiger partial charge in [-0.2, -0.15) is 0 Å². The van der Waals surface area contributed by atoms with Crippen molar-refractivity contribution in [2.75, 3.05) is 39.3 Å². The second-order valence-electron chi connectivity index (χ2n) is 6.12. The SMILES string of the molecule is C#Cc1cccc(C(COC)ON(OCCOC)c2ncnc3ccccc23)c1.Cl. The van der Waals surface area contributed by atoms with E-state index in [9.17, 15) is 0 Å². The lowest BCUT2D eigenvalue weighted by molar-refractivity contribution is -0.144. The van der Waals surface area contributed by atoms with Crippen molar-refractivity contribution in [3.05, 3.63) is 66.0 Å². The van der Waals surface area contributed by atoms with Gasteiger partial charge in [0.05, 0.1) is 18.7 Å². The summed E-state index contributed by atoms with van der Waals surface area (Å²) in [6, 6.07) is 15.2. The van der Waals surface area contributed by atoms with Crippen LogP contribution >= 0.6 is 12.4 Å². The van der Waals surface area contributed by atoms with Crippen molar-refractivity contribution in [1.82, 2.24) is 9.97 Å². The average Bonchev–Trinajstić information content (AvgIpc) is 2.77. The quantitative estimate of drug-likeness (QED) is 0.276. The zero-order chi connectivity index (χ0) is 20.5. The highest BCUT2D eigenvalue weighted by Gasteiger charge is 2.22. The molecule has 0 bridgehead atoms. The van der Waals surface area contributed by atoms with Crippen LogP contribution in [0.25, 0.3) is 10.9 Å². The summed E-state index contributed by atoms with van der Waals surface area (Å²) in [5.74, 6) is 3.12. The molecule has 3 aromatic rings. The lowest BCUT2D eigenvalue weighted by Gasteiger charge is -2.27. The second-order valence-corrected chi connectivity index (χ2v) is 6.12. The first-order chi connectivity index (χ1) is 14.3. The molecule has 0 radical (unpaired) electrons. The molecule has 7 nitrogen and oxygen atoms in total. The molecule has 0 amide bonds. The maximum atomic E-state index is 6.19. The number of hydrogen-bond acceptors (Lipinski definition) is 7. The predicted molar refractivity (Wildman–Crippen MR) is 117 cm³/mol. The Morgan fingerprint density at radius 1 is 1.03 bits per heavy atom. The number of aromatic nitrogens is 2. The summed E-state index contributed by atoms with van der Waals surface area (Å²) in [5.41, 5.74) is 2.40. The second kappa shape index (κ2) is 12.1. The van der Waals surface area contributed by atoms with E-state index in [2.05, 4.69) is 15.9 Å². The van der Waals surface area contributed by atoms with Gasteiger partial charge in [0.25, 0.3) is 0 Å². The van der Waals surface area contributed by atoms with Crippen molar-refractivity contribution in [3.63, 3.8) is 0 Å². The third-order valence-electron chi connectivity index (χ3n) is 4.16. The molecule has 1 atom stereocenters. The molecule has 8 heteroatoms. The number of hydrogen-bond donors (Lipinski definition) is 0. The number of nitrogens with zero attached hydrogens (tertiary/aromatic N) is 3. The Labute approximate surface area is 182 Å². The molecule has 0 N–H and O–H groups in total. The molecule has 0 aliphatic heterocycles. The van der Waals surface area contributed by atoms with Crippen LogP contribution in [-0.4, -0.2) is 44.0 Å². The summed E-state index contributed by atoms with van der Waals surface area (Å²) in [7, 11) is 3.21. The Hall–Kier alpha value is -2.73. The summed E-state index contributed by atoms with van der Waals surface area (Å²) < 4.78 is 10.5. The summed E-state index contributed by atoms with van der Waals surface area (Å²) in [4.78, 5) is 20.7. The van der Waals surface area contributed by atoms with Gasteiger partial charge in [-0.05, 0) is 29.8 Å². The highest BCUT2D eigenvalue weighted by Crippen LogP contribution is 2.28. The molecular formula is C22H24ClN3O4. The average molecular weight is 430 g/mol. The molecule has 0 fully saturated rings. The van der Waals surface area contributed by atoms with E-state index in [1.54, 1.807) is 14.2 Å². The third kappa shape index (κ3) is 5.89. The molecule has 0 saturated carbocycles. The number of rotatable bonds is 10. The first-order valence-corrected chi connectivity index (χ1v) is 9.10. The van der Waals surface area contributed by atoms with E-state index < -0.39 is 6.10 Å². The fourth-order valence-corrected chi connectivity index (χ4v) is 2.76. The van der Waals surface area contributed by atoms with Gasteiger partial charge in [-0.3, -0.25) is 0 Å². The first kappa shape index (κ1) is 23.5. The fourth-order valence-electron chi connectivity index (χ4n) is 2.76. The van der Waals surface area contributed by atoms with Crippen molar-refractivity contribution in [3.8, 4) is 12.3 Å². The molecule has 0 saturated heterocycles. The van der Waals surface area contributed by atoms with Crippen LogP contribution < -0.4 is 5.23 Å². The molecule has 0 aliphatic carbocycles. The van der Waals surface area contributed by atoms with Gasteiger partial charge in [0.15, 0.2) is 5.82 Å². The summed E-state index contributed by atoms with van der Waals surface area (Å²) in [6.07, 6.45) is 6.54. The molecule has 1 aromatic heterocycles. The summed E-state index contributed by atoms with van der Waals surface area (Å²) in [5, 5.41) is 2.09. The normalized spacial score (nSPS) is 11.5. The molecule has 1 unspecified atom stereocenters. The van der Waals surface area contributed by atoms with Crippen molar-refractivity contribution in [1.29, 1.82) is 0 Å². The van der Waals surface area contributed by atoms with Crippen LogP contribution in [-0.2, 0) is 19.1 Å². The fraction of sp³-hybridized carbons (Fsp3) is 0.273. The van der Waals surface area contributed by atoms with Gasteiger partial charge in [0.1, 0.15) is 19.0 Å². The largest absolute Gasteiger partial charge is 0.382 e. The number of methoxy groups -OCH3 is 2. The maximum absolute atomic E-state index is 6.19. The van der Waals surface area contributed by atoms with E-state index in [0.717, 1.165) is 22.0 Å². The standard InChI is InChI=1S/C22H23N3O4.ClH/c1-4-17-8-7-9-18(14-17)21(15-27-3)29-25(28-13-12-26-2)22-19-10-5-6-11-20(19)23-16-24-22;/h1,5-11,14,16,21H,12-13,15H2,2-3H3;1H. The van der Waals surface area contributed by atoms with Crippen molar-refractivity contribution >= 4 is 29.1 Å². The van der Waals surface area contributed by atoms with Crippen LogP contribution in [0.3, 0.4) is 0 Å². The van der Waals surface area contributed by atoms with Gasteiger partial charge in [-0.15, -0.1) is 24.1 Å². The van der Waals surface area contributed by atoms with Crippen LogP contribution in [0.2, 0.25) is 0 Å². The number of fused-ring (bicyclic) bond motifs is 1. The Bertz CT molecular complexity index is 975. The Morgan fingerprint density at radius 3 is 2.63 bits per heavy atom. The molecule has 30 heavy (non-hydrogen) atoms. The predicted octanol–water partition coefficient (Wildman–Crippen LogP) is 3.74. The van der Waals surface area contributed by atoms with E-state index in [1.807, 2.05) is 48.5 Å². The minimum atomic E-state index is -0.468. The number of terminal acetylenes is 1. The molecule has 2 aromatic carbocycles. The monoisotopic (exact) mass is 429 g/mol. The van der Waals surface area contributed by atoms with Crippen LogP contribution in [0, 0.1) is 12.3 Å². The zero-order valence-electron chi connectivity index (χ0n) is 16.9.